The fourth-order valence-electron chi connectivity index (χ4n) is 2.50. The average molecular weight is 365 g/mol. The van der Waals surface area contributed by atoms with E-state index in [9.17, 15) is 13.5 Å². The molecule has 25 heavy (non-hydrogen) atoms. The smallest absolute Gasteiger partial charge is 0.243 e. The predicted octanol–water partition coefficient (Wildman–Crippen LogP) is 2.37. The minimum Gasteiger partial charge on any atom is -0.497 e. The normalized spacial score (nSPS) is 12.9. The summed E-state index contributed by atoms with van der Waals surface area (Å²) in [6.07, 6.45) is -0.964. The van der Waals surface area contributed by atoms with Crippen molar-refractivity contribution in [3.8, 4) is 11.5 Å². The van der Waals surface area contributed by atoms with E-state index in [1.807, 2.05) is 0 Å². The van der Waals surface area contributed by atoms with Crippen LogP contribution in [0.2, 0.25) is 0 Å². The molecule has 0 saturated carbocycles. The maximum Gasteiger partial charge on any atom is 0.243 e. The van der Waals surface area contributed by atoms with Gasteiger partial charge in [-0.2, -0.15) is 4.31 Å². The lowest BCUT2D eigenvalue weighted by molar-refractivity contribution is 0.154. The molecule has 7 heteroatoms. The molecule has 0 aliphatic carbocycles. The zero-order chi connectivity index (χ0) is 18.6. The summed E-state index contributed by atoms with van der Waals surface area (Å²) in [6, 6.07) is 11.7. The van der Waals surface area contributed by atoms with Crippen molar-refractivity contribution in [3.63, 3.8) is 0 Å². The molecule has 0 fully saturated rings. The molecule has 0 aliphatic heterocycles. The van der Waals surface area contributed by atoms with Crippen molar-refractivity contribution in [3.05, 3.63) is 53.6 Å². The molecule has 0 radical (unpaired) electrons. The fraction of sp³-hybridized carbons (Fsp3) is 0.333. The number of sulfonamides is 1. The Balaban J connectivity index is 2.22. The van der Waals surface area contributed by atoms with Crippen molar-refractivity contribution in [1.29, 1.82) is 0 Å². The lowest BCUT2D eigenvalue weighted by Gasteiger charge is -2.22. The van der Waals surface area contributed by atoms with Crippen LogP contribution in [-0.2, 0) is 10.0 Å². The van der Waals surface area contributed by atoms with Gasteiger partial charge in [-0.15, -0.1) is 0 Å². The monoisotopic (exact) mass is 365 g/mol. The van der Waals surface area contributed by atoms with Crippen LogP contribution >= 0.6 is 0 Å². The second-order valence-electron chi connectivity index (χ2n) is 5.71. The molecular weight excluding hydrogens is 342 g/mol. The Morgan fingerprint density at radius 1 is 1.08 bits per heavy atom. The largest absolute Gasteiger partial charge is 0.497 e. The minimum absolute atomic E-state index is 0.0685. The summed E-state index contributed by atoms with van der Waals surface area (Å²) in [6.45, 7) is 1.64. The van der Waals surface area contributed by atoms with Crippen molar-refractivity contribution >= 4 is 10.0 Å². The van der Waals surface area contributed by atoms with E-state index < -0.39 is 16.1 Å². The summed E-state index contributed by atoms with van der Waals surface area (Å²) in [7, 11) is 0.784. The maximum atomic E-state index is 12.8. The third-order valence-electron chi connectivity index (χ3n) is 3.98. The Morgan fingerprint density at radius 3 is 2.32 bits per heavy atom. The van der Waals surface area contributed by atoms with E-state index in [1.54, 1.807) is 43.3 Å². The summed E-state index contributed by atoms with van der Waals surface area (Å²) in [5.74, 6) is 1.20. The molecule has 136 valence electrons. The Morgan fingerprint density at radius 2 is 1.72 bits per heavy atom. The number of aliphatic hydroxyl groups excluding tert-OH is 1. The third-order valence-corrected chi connectivity index (χ3v) is 5.96. The van der Waals surface area contributed by atoms with Crippen LogP contribution in [0.25, 0.3) is 0 Å². The van der Waals surface area contributed by atoms with E-state index in [-0.39, 0.29) is 11.4 Å². The molecule has 0 heterocycles. The number of likely N-dealkylation sites (N-methyl/N-ethyl adjacent to an activating group) is 1. The molecular formula is C18H23NO5S. The van der Waals surface area contributed by atoms with Crippen molar-refractivity contribution in [2.24, 2.45) is 0 Å². The van der Waals surface area contributed by atoms with Crippen LogP contribution in [0, 0.1) is 6.92 Å². The summed E-state index contributed by atoms with van der Waals surface area (Å²) in [4.78, 5) is 0.189. The topological polar surface area (TPSA) is 76.1 Å². The predicted molar refractivity (Wildman–Crippen MR) is 95.5 cm³/mol. The first-order chi connectivity index (χ1) is 11.8. The van der Waals surface area contributed by atoms with E-state index in [2.05, 4.69) is 0 Å². The van der Waals surface area contributed by atoms with Crippen molar-refractivity contribution < 1.29 is 23.0 Å². The number of hydrogen-bond donors (Lipinski definition) is 1. The number of methoxy groups -OCH3 is 2. The van der Waals surface area contributed by atoms with E-state index in [1.165, 1.54) is 27.3 Å². The number of nitrogens with zero attached hydrogens (tertiary/aromatic N) is 1. The summed E-state index contributed by atoms with van der Waals surface area (Å²) >= 11 is 0. The molecule has 0 saturated heterocycles. The van der Waals surface area contributed by atoms with Crippen LogP contribution in [0.1, 0.15) is 17.2 Å². The first-order valence-electron chi connectivity index (χ1n) is 7.72. The maximum absolute atomic E-state index is 12.8. The van der Waals surface area contributed by atoms with Gasteiger partial charge in [0.1, 0.15) is 11.5 Å². The van der Waals surface area contributed by atoms with E-state index in [0.717, 1.165) is 4.31 Å². The van der Waals surface area contributed by atoms with Gasteiger partial charge in [0, 0.05) is 13.6 Å². The number of aryl methyl sites for hydroxylation is 1. The summed E-state index contributed by atoms with van der Waals surface area (Å²) < 4.78 is 37.0. The van der Waals surface area contributed by atoms with Gasteiger partial charge in [0.25, 0.3) is 0 Å². The molecule has 6 nitrogen and oxygen atoms in total. The van der Waals surface area contributed by atoms with E-state index in [0.29, 0.717) is 22.6 Å². The van der Waals surface area contributed by atoms with Gasteiger partial charge >= 0.3 is 0 Å². The van der Waals surface area contributed by atoms with Gasteiger partial charge in [-0.1, -0.05) is 12.1 Å². The third kappa shape index (κ3) is 4.31. The number of rotatable bonds is 7. The Bertz CT molecular complexity index is 835. The van der Waals surface area contributed by atoms with Gasteiger partial charge < -0.3 is 14.6 Å². The molecule has 0 aliphatic rings. The van der Waals surface area contributed by atoms with Crippen LogP contribution < -0.4 is 9.47 Å². The number of aliphatic hydroxyl groups is 1. The van der Waals surface area contributed by atoms with E-state index in [4.69, 9.17) is 9.47 Å². The molecule has 1 N–H and O–H groups in total. The molecule has 2 aromatic rings. The number of hydrogen-bond acceptors (Lipinski definition) is 5. The van der Waals surface area contributed by atoms with Crippen LogP contribution in [-0.4, -0.2) is 45.6 Å². The van der Waals surface area contributed by atoms with Gasteiger partial charge in [0.05, 0.1) is 25.2 Å². The summed E-state index contributed by atoms with van der Waals surface area (Å²) in [5.41, 5.74) is 1.18. The molecule has 1 atom stereocenters. The van der Waals surface area contributed by atoms with E-state index >= 15 is 0 Å². The Kier molecular flexibility index (Phi) is 6.05. The zero-order valence-corrected chi connectivity index (χ0v) is 15.6. The second-order valence-corrected chi connectivity index (χ2v) is 7.72. The molecule has 1 unspecified atom stereocenters. The minimum atomic E-state index is -3.73. The van der Waals surface area contributed by atoms with Crippen molar-refractivity contribution in [1.82, 2.24) is 4.31 Å². The van der Waals surface area contributed by atoms with Crippen LogP contribution in [0.5, 0.6) is 11.5 Å². The lowest BCUT2D eigenvalue weighted by Crippen LogP contribution is -2.31. The average Bonchev–Trinajstić information content (AvgIpc) is 2.61. The van der Waals surface area contributed by atoms with Crippen LogP contribution in [0.4, 0.5) is 0 Å². The molecule has 0 amide bonds. The SMILES string of the molecule is COc1cccc(C(O)CN(C)S(=O)(=O)c2ccc(OC)cc2C)c1. The molecule has 0 aromatic heterocycles. The lowest BCUT2D eigenvalue weighted by atomic mass is 10.1. The second kappa shape index (κ2) is 7.86. The van der Waals surface area contributed by atoms with Crippen molar-refractivity contribution in [2.45, 2.75) is 17.9 Å². The van der Waals surface area contributed by atoms with Gasteiger partial charge in [0.15, 0.2) is 0 Å². The van der Waals surface area contributed by atoms with Crippen molar-refractivity contribution in [2.75, 3.05) is 27.8 Å². The Labute approximate surface area is 148 Å². The Hall–Kier alpha value is -2.09. The molecule has 2 rings (SSSR count). The molecule has 0 spiro atoms. The molecule has 2 aromatic carbocycles. The van der Waals surface area contributed by atoms with Crippen LogP contribution in [0.15, 0.2) is 47.4 Å². The van der Waals surface area contributed by atoms with Gasteiger partial charge in [0.2, 0.25) is 10.0 Å². The van der Waals surface area contributed by atoms with Gasteiger partial charge in [-0.25, -0.2) is 8.42 Å². The number of ether oxygens (including phenoxy) is 2. The number of benzene rings is 2. The van der Waals surface area contributed by atoms with Gasteiger partial charge in [-0.05, 0) is 48.4 Å². The highest BCUT2D eigenvalue weighted by Crippen LogP contribution is 2.26. The van der Waals surface area contributed by atoms with Crippen LogP contribution in [0.3, 0.4) is 0 Å². The first-order valence-corrected chi connectivity index (χ1v) is 9.16. The van der Waals surface area contributed by atoms with Gasteiger partial charge in [-0.3, -0.25) is 0 Å². The standard InChI is InChI=1S/C18H23NO5S/c1-13-10-16(24-4)8-9-18(13)25(21,22)19(2)12-17(20)14-6-5-7-15(11-14)23-3/h5-11,17,20H,12H2,1-4H3. The fourth-order valence-corrected chi connectivity index (χ4v) is 3.88. The molecule has 0 bridgehead atoms. The highest BCUT2D eigenvalue weighted by Gasteiger charge is 2.25. The summed E-state index contributed by atoms with van der Waals surface area (Å²) in [5, 5.41) is 10.4. The highest BCUT2D eigenvalue weighted by atomic mass is 32.2. The highest BCUT2D eigenvalue weighted by molar-refractivity contribution is 7.89. The quantitative estimate of drug-likeness (QED) is 0.815. The zero-order valence-electron chi connectivity index (χ0n) is 14.8. The first kappa shape index (κ1) is 19.2.